The minimum atomic E-state index is -0.379. The van der Waals surface area contributed by atoms with Crippen molar-refractivity contribution in [1.29, 1.82) is 0 Å². The van der Waals surface area contributed by atoms with Crippen LogP contribution in [0.15, 0.2) is 40.1 Å². The zero-order valence-electron chi connectivity index (χ0n) is 16.8. The maximum atomic E-state index is 12.7. The minimum Gasteiger partial charge on any atom is -0.378 e. The van der Waals surface area contributed by atoms with Gasteiger partial charge in [-0.2, -0.15) is 0 Å². The Hall–Kier alpha value is -2.47. The topological polar surface area (TPSA) is 96.5 Å². The predicted molar refractivity (Wildman–Crippen MR) is 123 cm³/mol. The number of benzene rings is 1. The van der Waals surface area contributed by atoms with Crippen molar-refractivity contribution >= 4 is 51.4 Å². The Labute approximate surface area is 192 Å². The Morgan fingerprint density at radius 2 is 1.97 bits per heavy atom. The van der Waals surface area contributed by atoms with Crippen molar-refractivity contribution in [3.63, 3.8) is 0 Å². The van der Waals surface area contributed by atoms with E-state index in [-0.39, 0.29) is 11.8 Å². The number of carbonyl (C=O) groups is 2. The number of hydrogen-bond donors (Lipinski definition) is 2. The quantitative estimate of drug-likeness (QED) is 0.418. The van der Waals surface area contributed by atoms with Crippen LogP contribution in [0.2, 0.25) is 0 Å². The molecule has 0 unspecified atom stereocenters. The number of hydrogen-bond acceptors (Lipinski definition) is 9. The first-order chi connectivity index (χ1) is 15.1. The molecule has 8 nitrogen and oxygen atoms in total. The first kappa shape index (κ1) is 21.8. The van der Waals surface area contributed by atoms with Crippen molar-refractivity contribution in [2.45, 2.75) is 17.6 Å². The maximum Gasteiger partial charge on any atom is 0.281 e. The van der Waals surface area contributed by atoms with E-state index in [4.69, 9.17) is 4.74 Å². The predicted octanol–water partition coefficient (Wildman–Crippen LogP) is 3.11. The van der Waals surface area contributed by atoms with Crippen LogP contribution in [0.5, 0.6) is 0 Å². The lowest BCUT2D eigenvalue weighted by molar-refractivity contribution is 0.0846. The SMILES string of the molecule is Cc1nc(N2CCOCC2)sc1C(=O)NNC(=O)c1ccccc1SCc1cscn1. The van der Waals surface area contributed by atoms with Crippen LogP contribution in [0.25, 0.3) is 0 Å². The number of aromatic nitrogens is 2. The second kappa shape index (κ2) is 10.2. The lowest BCUT2D eigenvalue weighted by Gasteiger charge is -2.25. The van der Waals surface area contributed by atoms with E-state index in [1.54, 1.807) is 35.9 Å². The number of aryl methyl sites for hydroxylation is 1. The third kappa shape index (κ3) is 5.42. The van der Waals surface area contributed by atoms with Gasteiger partial charge in [-0.15, -0.1) is 23.1 Å². The normalized spacial score (nSPS) is 13.8. The van der Waals surface area contributed by atoms with E-state index in [2.05, 4.69) is 25.7 Å². The fraction of sp³-hybridized carbons (Fsp3) is 0.300. The molecule has 0 atom stereocenters. The summed E-state index contributed by atoms with van der Waals surface area (Å²) >= 11 is 4.39. The standard InChI is InChI=1S/C20H21N5O3S3/c1-13-17(31-20(22-13)25-6-8-28-9-7-25)19(27)24-23-18(26)15-4-2-3-5-16(15)30-11-14-10-29-12-21-14/h2-5,10,12H,6-9,11H2,1H3,(H,23,26)(H,24,27). The van der Waals surface area contributed by atoms with Crippen molar-refractivity contribution < 1.29 is 14.3 Å². The number of carbonyl (C=O) groups excluding carboxylic acids is 2. The molecule has 2 N–H and O–H groups in total. The highest BCUT2D eigenvalue weighted by molar-refractivity contribution is 7.98. The molecule has 4 rings (SSSR count). The summed E-state index contributed by atoms with van der Waals surface area (Å²) in [5, 5.41) is 2.78. The van der Waals surface area contributed by atoms with Gasteiger partial charge in [-0.05, 0) is 19.1 Å². The van der Waals surface area contributed by atoms with Crippen LogP contribution in [0.4, 0.5) is 5.13 Å². The number of morpholine rings is 1. The first-order valence-electron chi connectivity index (χ1n) is 9.61. The third-order valence-corrected chi connectivity index (χ3v) is 7.51. The van der Waals surface area contributed by atoms with Gasteiger partial charge in [-0.1, -0.05) is 23.5 Å². The molecular weight excluding hydrogens is 454 g/mol. The minimum absolute atomic E-state index is 0.370. The highest BCUT2D eigenvalue weighted by atomic mass is 32.2. The van der Waals surface area contributed by atoms with E-state index in [1.807, 2.05) is 17.5 Å². The molecule has 1 fully saturated rings. The summed E-state index contributed by atoms with van der Waals surface area (Å²) in [4.78, 5) is 37.6. The number of ether oxygens (including phenoxy) is 1. The van der Waals surface area contributed by atoms with Crippen LogP contribution in [-0.4, -0.2) is 48.1 Å². The fourth-order valence-corrected chi connectivity index (χ4v) is 5.59. The lowest BCUT2D eigenvalue weighted by atomic mass is 10.2. The van der Waals surface area contributed by atoms with Gasteiger partial charge in [0.05, 0.1) is 35.7 Å². The summed E-state index contributed by atoms with van der Waals surface area (Å²) < 4.78 is 5.36. The number of rotatable bonds is 6. The number of amides is 2. The summed E-state index contributed by atoms with van der Waals surface area (Å²) in [7, 11) is 0. The van der Waals surface area contributed by atoms with Gasteiger partial charge in [-0.3, -0.25) is 20.4 Å². The van der Waals surface area contributed by atoms with E-state index in [1.165, 1.54) is 23.1 Å². The Balaban J connectivity index is 1.37. The molecule has 162 valence electrons. The molecule has 31 heavy (non-hydrogen) atoms. The van der Waals surface area contributed by atoms with E-state index < -0.39 is 0 Å². The van der Waals surface area contributed by atoms with Gasteiger partial charge in [0.1, 0.15) is 4.88 Å². The fourth-order valence-electron chi connectivity index (χ4n) is 2.96. The van der Waals surface area contributed by atoms with E-state index >= 15 is 0 Å². The molecule has 11 heteroatoms. The smallest absolute Gasteiger partial charge is 0.281 e. The molecule has 2 amide bonds. The molecule has 1 aliphatic heterocycles. The Bertz CT molecular complexity index is 1050. The van der Waals surface area contributed by atoms with Gasteiger partial charge in [0.2, 0.25) is 0 Å². The summed E-state index contributed by atoms with van der Waals surface area (Å²) in [6.45, 7) is 4.59. The summed E-state index contributed by atoms with van der Waals surface area (Å²) in [5.74, 6) is -0.0781. The van der Waals surface area contributed by atoms with Gasteiger partial charge < -0.3 is 9.64 Å². The average molecular weight is 476 g/mol. The molecule has 0 saturated carbocycles. The number of nitrogens with zero attached hydrogens (tertiary/aromatic N) is 3. The highest BCUT2D eigenvalue weighted by Crippen LogP contribution is 2.27. The molecule has 2 aromatic heterocycles. The van der Waals surface area contributed by atoms with Crippen LogP contribution in [0.1, 0.15) is 31.4 Å². The van der Waals surface area contributed by atoms with Crippen molar-refractivity contribution in [3.8, 4) is 0 Å². The molecule has 0 radical (unpaired) electrons. The largest absolute Gasteiger partial charge is 0.378 e. The lowest BCUT2D eigenvalue weighted by Crippen LogP contribution is -2.41. The Kier molecular flexibility index (Phi) is 7.17. The average Bonchev–Trinajstić information content (AvgIpc) is 3.46. The zero-order chi connectivity index (χ0) is 21.6. The van der Waals surface area contributed by atoms with Gasteiger partial charge in [0, 0.05) is 29.1 Å². The molecule has 1 aromatic carbocycles. The number of hydrazine groups is 1. The van der Waals surface area contributed by atoms with Crippen LogP contribution in [-0.2, 0) is 10.5 Å². The van der Waals surface area contributed by atoms with Crippen molar-refractivity contribution in [1.82, 2.24) is 20.8 Å². The number of anilines is 1. The Morgan fingerprint density at radius 3 is 2.74 bits per heavy atom. The molecular formula is C20H21N5O3S3. The Morgan fingerprint density at radius 1 is 1.19 bits per heavy atom. The van der Waals surface area contributed by atoms with Crippen LogP contribution < -0.4 is 15.8 Å². The van der Waals surface area contributed by atoms with Crippen molar-refractivity contribution in [3.05, 3.63) is 57.0 Å². The summed E-state index contributed by atoms with van der Waals surface area (Å²) in [6, 6.07) is 7.30. The molecule has 1 aliphatic rings. The molecule has 1 saturated heterocycles. The number of thiazole rings is 2. The zero-order valence-corrected chi connectivity index (χ0v) is 19.2. The van der Waals surface area contributed by atoms with Gasteiger partial charge in [0.15, 0.2) is 5.13 Å². The van der Waals surface area contributed by atoms with Gasteiger partial charge >= 0.3 is 0 Å². The molecule has 0 aliphatic carbocycles. The van der Waals surface area contributed by atoms with Crippen LogP contribution >= 0.6 is 34.4 Å². The second-order valence-corrected chi connectivity index (χ2v) is 9.40. The summed E-state index contributed by atoms with van der Waals surface area (Å²) in [6.07, 6.45) is 0. The molecule has 0 bridgehead atoms. The van der Waals surface area contributed by atoms with Crippen molar-refractivity contribution in [2.24, 2.45) is 0 Å². The van der Waals surface area contributed by atoms with Crippen LogP contribution in [0.3, 0.4) is 0 Å². The van der Waals surface area contributed by atoms with E-state index in [0.717, 1.165) is 28.8 Å². The third-order valence-electron chi connectivity index (χ3n) is 4.55. The number of nitrogens with one attached hydrogen (secondary N) is 2. The summed E-state index contributed by atoms with van der Waals surface area (Å²) in [5.41, 5.74) is 8.94. The molecule has 3 aromatic rings. The second-order valence-electron chi connectivity index (χ2n) is 6.68. The molecule has 3 heterocycles. The van der Waals surface area contributed by atoms with E-state index in [0.29, 0.717) is 35.1 Å². The van der Waals surface area contributed by atoms with Crippen LogP contribution in [0, 0.1) is 6.92 Å². The van der Waals surface area contributed by atoms with Crippen molar-refractivity contribution in [2.75, 3.05) is 31.2 Å². The van der Waals surface area contributed by atoms with Gasteiger partial charge in [0.25, 0.3) is 11.8 Å². The van der Waals surface area contributed by atoms with E-state index in [9.17, 15) is 9.59 Å². The number of thioether (sulfide) groups is 1. The highest BCUT2D eigenvalue weighted by Gasteiger charge is 2.21. The molecule has 0 spiro atoms. The monoisotopic (exact) mass is 475 g/mol. The first-order valence-corrected chi connectivity index (χ1v) is 12.4. The maximum absolute atomic E-state index is 12.7. The van der Waals surface area contributed by atoms with Gasteiger partial charge in [-0.25, -0.2) is 9.97 Å².